The molecule has 0 atom stereocenters. The molecule has 0 amide bonds. The molecule has 1 aliphatic rings. The van der Waals surface area contributed by atoms with Crippen LogP contribution in [0, 0.1) is 0 Å². The Hall–Kier alpha value is -1.64. The highest BCUT2D eigenvalue weighted by Crippen LogP contribution is 2.31. The van der Waals surface area contributed by atoms with Crippen LogP contribution in [-0.4, -0.2) is 15.2 Å². The second-order valence-electron chi connectivity index (χ2n) is 5.46. The van der Waals surface area contributed by atoms with E-state index in [4.69, 9.17) is 0 Å². The number of hydrogen-bond acceptors (Lipinski definition) is 2. The second kappa shape index (κ2) is 6.00. The number of H-pyrrole nitrogens is 1. The van der Waals surface area contributed by atoms with E-state index in [0.29, 0.717) is 5.92 Å². The molecule has 0 unspecified atom stereocenters. The Morgan fingerprint density at radius 3 is 2.63 bits per heavy atom. The zero-order valence-electron chi connectivity index (χ0n) is 11.3. The van der Waals surface area contributed by atoms with Gasteiger partial charge in [0, 0.05) is 12.3 Å². The van der Waals surface area contributed by atoms with Crippen molar-refractivity contribution in [1.82, 2.24) is 15.2 Å². The van der Waals surface area contributed by atoms with E-state index in [0.717, 1.165) is 30.9 Å². The summed E-state index contributed by atoms with van der Waals surface area (Å²) in [5.41, 5.74) is 1.40. The molecule has 2 aromatic rings. The Balaban J connectivity index is 1.50. The maximum atomic E-state index is 4.66. The molecule has 0 aliphatic heterocycles. The molecule has 0 bridgehead atoms. The van der Waals surface area contributed by atoms with Gasteiger partial charge in [0.1, 0.15) is 5.82 Å². The standard InChI is InChI=1S/C16H21N3/c1-2-7-13(8-3-1)9-6-12-15-17-16(19-18-15)14-10-4-5-11-14/h1-3,7-8,14H,4-6,9-12H2,(H,17,18,19). The monoisotopic (exact) mass is 255 g/mol. The van der Waals surface area contributed by atoms with Gasteiger partial charge in [-0.1, -0.05) is 43.2 Å². The Bertz CT molecular complexity index is 498. The van der Waals surface area contributed by atoms with E-state index in [1.165, 1.54) is 31.2 Å². The number of nitrogens with one attached hydrogen (secondary N) is 1. The zero-order chi connectivity index (χ0) is 12.9. The first-order chi connectivity index (χ1) is 9.42. The van der Waals surface area contributed by atoms with Crippen molar-refractivity contribution in [1.29, 1.82) is 0 Å². The topological polar surface area (TPSA) is 41.6 Å². The number of aromatic nitrogens is 3. The molecule has 1 saturated carbocycles. The van der Waals surface area contributed by atoms with Crippen LogP contribution in [-0.2, 0) is 12.8 Å². The summed E-state index contributed by atoms with van der Waals surface area (Å²) in [4.78, 5) is 4.66. The number of aryl methyl sites for hydroxylation is 2. The molecule has 1 fully saturated rings. The van der Waals surface area contributed by atoms with E-state index in [1.54, 1.807) is 0 Å². The third kappa shape index (κ3) is 3.22. The molecule has 3 rings (SSSR count). The summed E-state index contributed by atoms with van der Waals surface area (Å²) in [7, 11) is 0. The van der Waals surface area contributed by atoms with Gasteiger partial charge in [-0.25, -0.2) is 4.98 Å². The van der Waals surface area contributed by atoms with Gasteiger partial charge in [0.05, 0.1) is 0 Å². The van der Waals surface area contributed by atoms with Crippen molar-refractivity contribution in [3.8, 4) is 0 Å². The van der Waals surface area contributed by atoms with Crippen molar-refractivity contribution in [2.24, 2.45) is 0 Å². The average Bonchev–Trinajstić information content (AvgIpc) is 3.10. The number of hydrogen-bond donors (Lipinski definition) is 1. The molecular formula is C16H21N3. The van der Waals surface area contributed by atoms with E-state index in [9.17, 15) is 0 Å². The molecule has 1 aromatic carbocycles. The zero-order valence-corrected chi connectivity index (χ0v) is 11.3. The SMILES string of the molecule is c1ccc(CCCc2nc(C3CCCC3)n[nH]2)cc1. The number of benzene rings is 1. The first-order valence-corrected chi connectivity index (χ1v) is 7.37. The lowest BCUT2D eigenvalue weighted by molar-refractivity contribution is 0.670. The van der Waals surface area contributed by atoms with Gasteiger partial charge in [-0.15, -0.1) is 0 Å². The smallest absolute Gasteiger partial charge is 0.153 e. The van der Waals surface area contributed by atoms with Crippen molar-refractivity contribution < 1.29 is 0 Å². The van der Waals surface area contributed by atoms with Crippen molar-refractivity contribution in [2.75, 3.05) is 0 Å². The third-order valence-corrected chi connectivity index (χ3v) is 3.99. The third-order valence-electron chi connectivity index (χ3n) is 3.99. The van der Waals surface area contributed by atoms with Crippen LogP contribution < -0.4 is 0 Å². The summed E-state index contributed by atoms with van der Waals surface area (Å²) in [6.07, 6.45) is 8.44. The fourth-order valence-electron chi connectivity index (χ4n) is 2.89. The van der Waals surface area contributed by atoms with E-state index in [-0.39, 0.29) is 0 Å². The maximum Gasteiger partial charge on any atom is 0.153 e. The second-order valence-corrected chi connectivity index (χ2v) is 5.46. The van der Waals surface area contributed by atoms with Crippen LogP contribution in [0.5, 0.6) is 0 Å². The molecule has 0 spiro atoms. The Kier molecular flexibility index (Phi) is 3.92. The van der Waals surface area contributed by atoms with E-state index >= 15 is 0 Å². The van der Waals surface area contributed by atoms with Gasteiger partial charge >= 0.3 is 0 Å². The Morgan fingerprint density at radius 2 is 1.84 bits per heavy atom. The van der Waals surface area contributed by atoms with Crippen LogP contribution in [0.2, 0.25) is 0 Å². The maximum absolute atomic E-state index is 4.66. The number of aromatic amines is 1. The van der Waals surface area contributed by atoms with Crippen LogP contribution in [0.25, 0.3) is 0 Å². The van der Waals surface area contributed by atoms with Crippen LogP contribution in [0.15, 0.2) is 30.3 Å². The molecular weight excluding hydrogens is 234 g/mol. The first kappa shape index (κ1) is 12.4. The summed E-state index contributed by atoms with van der Waals surface area (Å²) < 4.78 is 0. The lowest BCUT2D eigenvalue weighted by Gasteiger charge is -2.01. The van der Waals surface area contributed by atoms with Gasteiger partial charge in [-0.2, -0.15) is 5.10 Å². The number of nitrogens with zero attached hydrogens (tertiary/aromatic N) is 2. The molecule has 3 nitrogen and oxygen atoms in total. The minimum Gasteiger partial charge on any atom is -0.263 e. The summed E-state index contributed by atoms with van der Waals surface area (Å²) in [5.74, 6) is 2.71. The summed E-state index contributed by atoms with van der Waals surface area (Å²) in [5, 5.41) is 7.50. The van der Waals surface area contributed by atoms with E-state index < -0.39 is 0 Å². The highest BCUT2D eigenvalue weighted by atomic mass is 15.2. The van der Waals surface area contributed by atoms with Gasteiger partial charge in [-0.3, -0.25) is 5.10 Å². The van der Waals surface area contributed by atoms with Gasteiger partial charge in [0.2, 0.25) is 0 Å². The first-order valence-electron chi connectivity index (χ1n) is 7.37. The molecule has 1 aliphatic carbocycles. The molecule has 0 saturated heterocycles. The normalized spacial score (nSPS) is 16.0. The van der Waals surface area contributed by atoms with Crippen LogP contribution >= 0.6 is 0 Å². The van der Waals surface area contributed by atoms with E-state index in [1.807, 2.05) is 0 Å². The lowest BCUT2D eigenvalue weighted by Crippen LogP contribution is -1.95. The Labute approximate surface area is 114 Å². The largest absolute Gasteiger partial charge is 0.263 e. The fraction of sp³-hybridized carbons (Fsp3) is 0.500. The van der Waals surface area contributed by atoms with Gasteiger partial charge in [-0.05, 0) is 31.2 Å². The average molecular weight is 255 g/mol. The van der Waals surface area contributed by atoms with E-state index in [2.05, 4.69) is 45.5 Å². The van der Waals surface area contributed by atoms with Crippen molar-refractivity contribution in [3.05, 3.63) is 47.5 Å². The van der Waals surface area contributed by atoms with Gasteiger partial charge in [0.15, 0.2) is 5.82 Å². The van der Waals surface area contributed by atoms with Crippen molar-refractivity contribution >= 4 is 0 Å². The van der Waals surface area contributed by atoms with Crippen LogP contribution in [0.4, 0.5) is 0 Å². The quantitative estimate of drug-likeness (QED) is 0.886. The molecule has 3 heteroatoms. The van der Waals surface area contributed by atoms with Crippen molar-refractivity contribution in [2.45, 2.75) is 50.9 Å². The van der Waals surface area contributed by atoms with Crippen molar-refractivity contribution in [3.63, 3.8) is 0 Å². The van der Waals surface area contributed by atoms with Crippen LogP contribution in [0.1, 0.15) is 55.2 Å². The minimum absolute atomic E-state index is 0.610. The molecule has 1 N–H and O–H groups in total. The predicted molar refractivity (Wildman–Crippen MR) is 76.1 cm³/mol. The summed E-state index contributed by atoms with van der Waals surface area (Å²) in [6.45, 7) is 0. The molecule has 19 heavy (non-hydrogen) atoms. The Morgan fingerprint density at radius 1 is 1.05 bits per heavy atom. The minimum atomic E-state index is 0.610. The van der Waals surface area contributed by atoms with Gasteiger partial charge in [0.25, 0.3) is 0 Å². The summed E-state index contributed by atoms with van der Waals surface area (Å²) in [6, 6.07) is 10.6. The fourth-order valence-corrected chi connectivity index (χ4v) is 2.89. The molecule has 0 radical (unpaired) electrons. The summed E-state index contributed by atoms with van der Waals surface area (Å²) >= 11 is 0. The predicted octanol–water partition coefficient (Wildman–Crippen LogP) is 3.64. The highest BCUT2D eigenvalue weighted by molar-refractivity contribution is 5.14. The van der Waals surface area contributed by atoms with Gasteiger partial charge < -0.3 is 0 Å². The molecule has 1 heterocycles. The number of rotatable bonds is 5. The molecule has 100 valence electrons. The van der Waals surface area contributed by atoms with Crippen LogP contribution in [0.3, 0.4) is 0 Å². The highest BCUT2D eigenvalue weighted by Gasteiger charge is 2.20. The lowest BCUT2D eigenvalue weighted by atomic mass is 10.1. The molecule has 1 aromatic heterocycles.